The number of fused-ring (bicyclic) bond motifs is 1. The predicted molar refractivity (Wildman–Crippen MR) is 156 cm³/mol. The van der Waals surface area contributed by atoms with E-state index in [1.807, 2.05) is 48.5 Å². The molecule has 0 aliphatic carbocycles. The Bertz CT molecular complexity index is 1470. The maximum atomic E-state index is 12.8. The SMILES string of the molecule is CCCCCN(c1nccc(-c2ccc(C(=O)NCCc3ccc4[nH]cc(C#N)c4c3)cc2)n1)N1CCOCC1. The fraction of sp³-hybridized carbons (Fsp3) is 0.355. The van der Waals surface area contributed by atoms with Crippen LogP contribution in [-0.2, 0) is 11.2 Å². The number of nitriles is 1. The average Bonchev–Trinajstić information content (AvgIpc) is 3.42. The molecule has 1 amide bonds. The summed E-state index contributed by atoms with van der Waals surface area (Å²) in [5, 5.41) is 17.7. The Hall–Kier alpha value is -4.26. The largest absolute Gasteiger partial charge is 0.379 e. The Balaban J connectivity index is 1.22. The van der Waals surface area contributed by atoms with E-state index in [2.05, 4.69) is 38.3 Å². The molecule has 3 heterocycles. The van der Waals surface area contributed by atoms with Crippen LogP contribution in [0.4, 0.5) is 5.95 Å². The van der Waals surface area contributed by atoms with E-state index in [1.165, 1.54) is 0 Å². The molecule has 9 nitrogen and oxygen atoms in total. The first-order chi connectivity index (χ1) is 19.7. The van der Waals surface area contributed by atoms with Gasteiger partial charge >= 0.3 is 0 Å². The van der Waals surface area contributed by atoms with E-state index in [9.17, 15) is 10.1 Å². The van der Waals surface area contributed by atoms with Crippen LogP contribution in [0.25, 0.3) is 22.2 Å². The van der Waals surface area contributed by atoms with Gasteiger partial charge in [0.15, 0.2) is 0 Å². The monoisotopic (exact) mass is 537 g/mol. The molecule has 0 radical (unpaired) electrons. The van der Waals surface area contributed by atoms with Crippen molar-refractivity contribution in [2.45, 2.75) is 32.6 Å². The highest BCUT2D eigenvalue weighted by Gasteiger charge is 2.21. The van der Waals surface area contributed by atoms with Crippen molar-refractivity contribution in [2.24, 2.45) is 0 Å². The highest BCUT2D eigenvalue weighted by Crippen LogP contribution is 2.22. The van der Waals surface area contributed by atoms with Crippen molar-refractivity contribution >= 4 is 22.8 Å². The molecule has 0 spiro atoms. The molecule has 5 rings (SSSR count). The van der Waals surface area contributed by atoms with Gasteiger partial charge in [0.25, 0.3) is 5.91 Å². The molecule has 0 saturated carbocycles. The summed E-state index contributed by atoms with van der Waals surface area (Å²) in [5.41, 5.74) is 4.99. The van der Waals surface area contributed by atoms with Gasteiger partial charge in [-0.05, 0) is 48.7 Å². The first-order valence-electron chi connectivity index (χ1n) is 14.0. The summed E-state index contributed by atoms with van der Waals surface area (Å²) in [7, 11) is 0. The highest BCUT2D eigenvalue weighted by atomic mass is 16.5. The maximum absolute atomic E-state index is 12.8. The molecule has 1 aliphatic heterocycles. The van der Waals surface area contributed by atoms with Crippen molar-refractivity contribution < 1.29 is 9.53 Å². The van der Waals surface area contributed by atoms with E-state index in [-0.39, 0.29) is 5.91 Å². The van der Waals surface area contributed by atoms with Crippen LogP contribution in [0.15, 0.2) is 60.9 Å². The van der Waals surface area contributed by atoms with Crippen LogP contribution in [0.2, 0.25) is 0 Å². The van der Waals surface area contributed by atoms with Gasteiger partial charge in [0, 0.05) is 60.6 Å². The number of nitrogens with one attached hydrogen (secondary N) is 2. The molecule has 0 bridgehead atoms. The van der Waals surface area contributed by atoms with Crippen LogP contribution < -0.4 is 10.3 Å². The minimum Gasteiger partial charge on any atom is -0.379 e. The number of H-pyrrole nitrogens is 1. The van der Waals surface area contributed by atoms with Gasteiger partial charge in [-0.2, -0.15) is 5.26 Å². The normalized spacial score (nSPS) is 13.7. The Labute approximate surface area is 234 Å². The molecule has 1 saturated heterocycles. The number of unbranched alkanes of at least 4 members (excludes halogenated alkanes) is 2. The van der Waals surface area contributed by atoms with Gasteiger partial charge in [-0.3, -0.25) is 9.80 Å². The molecule has 0 unspecified atom stereocenters. The second-order valence-electron chi connectivity index (χ2n) is 9.92. The number of benzene rings is 2. The summed E-state index contributed by atoms with van der Waals surface area (Å²) >= 11 is 0. The van der Waals surface area contributed by atoms with Crippen molar-refractivity contribution in [1.29, 1.82) is 5.26 Å². The lowest BCUT2D eigenvalue weighted by atomic mass is 10.1. The van der Waals surface area contributed by atoms with Gasteiger partial charge in [-0.1, -0.05) is 38.0 Å². The van der Waals surface area contributed by atoms with Gasteiger partial charge < -0.3 is 15.0 Å². The van der Waals surface area contributed by atoms with Crippen LogP contribution in [-0.4, -0.2) is 65.3 Å². The molecular formula is C31H35N7O2. The van der Waals surface area contributed by atoms with E-state index in [1.54, 1.807) is 12.4 Å². The molecular weight excluding hydrogens is 502 g/mol. The number of carbonyl (C=O) groups excluding carboxylic acids is 1. The van der Waals surface area contributed by atoms with Crippen molar-refractivity contribution in [1.82, 2.24) is 25.3 Å². The van der Waals surface area contributed by atoms with Crippen LogP contribution in [0.5, 0.6) is 0 Å². The summed E-state index contributed by atoms with van der Waals surface area (Å²) in [6.45, 7) is 6.64. The van der Waals surface area contributed by atoms with Gasteiger partial charge in [0.2, 0.25) is 5.95 Å². The quantitative estimate of drug-likeness (QED) is 0.267. The Morgan fingerprint density at radius 2 is 1.98 bits per heavy atom. The number of morpholine rings is 1. The zero-order valence-electron chi connectivity index (χ0n) is 22.9. The molecule has 1 aliphatic rings. The predicted octanol–water partition coefficient (Wildman–Crippen LogP) is 4.71. The Morgan fingerprint density at radius 1 is 1.15 bits per heavy atom. The lowest BCUT2D eigenvalue weighted by molar-refractivity contribution is 0.0306. The van der Waals surface area contributed by atoms with Gasteiger partial charge in [-0.15, -0.1) is 0 Å². The number of nitrogens with zero attached hydrogens (tertiary/aromatic N) is 5. The molecule has 0 atom stereocenters. The van der Waals surface area contributed by atoms with Gasteiger partial charge in [0.05, 0.1) is 24.5 Å². The number of anilines is 1. The number of hydrazine groups is 1. The first-order valence-corrected chi connectivity index (χ1v) is 14.0. The van der Waals surface area contributed by atoms with Gasteiger partial charge in [0.1, 0.15) is 6.07 Å². The molecule has 40 heavy (non-hydrogen) atoms. The summed E-state index contributed by atoms with van der Waals surface area (Å²) in [6, 6.07) is 17.6. The topological polar surface area (TPSA) is 110 Å². The molecule has 2 aromatic heterocycles. The number of amides is 1. The third-order valence-corrected chi connectivity index (χ3v) is 7.18. The minimum absolute atomic E-state index is 0.121. The number of hydrogen-bond acceptors (Lipinski definition) is 7. The van der Waals surface area contributed by atoms with Crippen LogP contribution in [0.3, 0.4) is 0 Å². The number of aromatic nitrogens is 3. The van der Waals surface area contributed by atoms with Crippen molar-refractivity contribution in [3.63, 3.8) is 0 Å². The third kappa shape index (κ3) is 6.47. The Kier molecular flexibility index (Phi) is 9.01. The fourth-order valence-electron chi connectivity index (χ4n) is 4.94. The molecule has 4 aromatic rings. The number of ether oxygens (including phenoxy) is 1. The number of hydrogen-bond donors (Lipinski definition) is 2. The van der Waals surface area contributed by atoms with E-state index in [0.29, 0.717) is 43.3 Å². The number of aromatic amines is 1. The lowest BCUT2D eigenvalue weighted by Gasteiger charge is -2.37. The van der Waals surface area contributed by atoms with E-state index in [0.717, 1.165) is 66.6 Å². The lowest BCUT2D eigenvalue weighted by Crippen LogP contribution is -2.50. The minimum atomic E-state index is -0.121. The summed E-state index contributed by atoms with van der Waals surface area (Å²) in [4.78, 5) is 25.4. The zero-order valence-corrected chi connectivity index (χ0v) is 22.9. The fourth-order valence-corrected chi connectivity index (χ4v) is 4.94. The molecule has 2 aromatic carbocycles. The van der Waals surface area contributed by atoms with E-state index < -0.39 is 0 Å². The molecule has 206 valence electrons. The van der Waals surface area contributed by atoms with Crippen molar-refractivity contribution in [3.8, 4) is 17.3 Å². The summed E-state index contributed by atoms with van der Waals surface area (Å²) in [6.07, 6.45) is 7.59. The summed E-state index contributed by atoms with van der Waals surface area (Å²) in [5.74, 6) is 0.571. The average molecular weight is 538 g/mol. The van der Waals surface area contributed by atoms with E-state index >= 15 is 0 Å². The summed E-state index contributed by atoms with van der Waals surface area (Å²) < 4.78 is 5.55. The van der Waals surface area contributed by atoms with E-state index in [4.69, 9.17) is 9.72 Å². The third-order valence-electron chi connectivity index (χ3n) is 7.18. The molecule has 1 fully saturated rings. The smallest absolute Gasteiger partial charge is 0.251 e. The van der Waals surface area contributed by atoms with Crippen LogP contribution >= 0.6 is 0 Å². The highest BCUT2D eigenvalue weighted by molar-refractivity contribution is 5.94. The van der Waals surface area contributed by atoms with Crippen LogP contribution in [0, 0.1) is 11.3 Å². The van der Waals surface area contributed by atoms with Crippen molar-refractivity contribution in [2.75, 3.05) is 44.4 Å². The standard InChI is InChI=1S/C31H35N7O2/c1-2-3-4-15-38(37-16-18-40-19-17-37)31-34-14-12-28(36-31)24-6-8-25(9-7-24)30(39)33-13-11-23-5-10-29-27(20-23)26(21-32)22-35-29/h5-10,12,14,20,22,35H,2-4,11,13,15-19H2,1H3,(H,33,39). The van der Waals surface area contributed by atoms with Crippen LogP contribution in [0.1, 0.15) is 47.7 Å². The van der Waals surface area contributed by atoms with Gasteiger partial charge in [-0.25, -0.2) is 15.0 Å². The van der Waals surface area contributed by atoms with Crippen molar-refractivity contribution in [3.05, 3.63) is 77.6 Å². The zero-order chi connectivity index (χ0) is 27.7. The number of rotatable bonds is 11. The molecule has 2 N–H and O–H groups in total. The second-order valence-corrected chi connectivity index (χ2v) is 9.92. The molecule has 9 heteroatoms. The maximum Gasteiger partial charge on any atom is 0.251 e. The number of carbonyl (C=O) groups is 1. The Morgan fingerprint density at radius 3 is 2.75 bits per heavy atom. The second kappa shape index (κ2) is 13.2. The first kappa shape index (κ1) is 27.3.